The molecule has 0 N–H and O–H groups in total. The van der Waals surface area contributed by atoms with Crippen LogP contribution in [0.15, 0.2) is 22.1 Å². The topological polar surface area (TPSA) is 102 Å². The second-order valence-electron chi connectivity index (χ2n) is 6.50. The first-order valence-corrected chi connectivity index (χ1v) is 9.90. The number of nitrogens with zero attached hydrogens (tertiary/aromatic N) is 5. The summed E-state index contributed by atoms with van der Waals surface area (Å²) in [6.07, 6.45) is 3.75. The number of amides is 1. The van der Waals surface area contributed by atoms with Gasteiger partial charge in [0.25, 0.3) is 10.0 Å². The third-order valence-corrected chi connectivity index (χ3v) is 6.39. The van der Waals surface area contributed by atoms with E-state index in [2.05, 4.69) is 10.1 Å². The van der Waals surface area contributed by atoms with Gasteiger partial charge >= 0.3 is 0 Å². The zero-order valence-electron chi connectivity index (χ0n) is 15.2. The minimum Gasteiger partial charge on any atom is -0.361 e. The predicted octanol–water partition coefficient (Wildman–Crippen LogP) is 0.491. The fourth-order valence-electron chi connectivity index (χ4n) is 3.06. The molecule has 0 radical (unpaired) electrons. The molecule has 0 aliphatic carbocycles. The van der Waals surface area contributed by atoms with E-state index in [0.29, 0.717) is 37.5 Å². The van der Waals surface area contributed by atoms with Gasteiger partial charge in [-0.3, -0.25) is 4.79 Å². The molecule has 1 fully saturated rings. The Bertz CT molecular complexity index is 882. The quantitative estimate of drug-likeness (QED) is 0.764. The maximum Gasteiger partial charge on any atom is 0.262 e. The first-order valence-electron chi connectivity index (χ1n) is 8.46. The molecule has 2 aromatic heterocycles. The second kappa shape index (κ2) is 7.20. The molecule has 1 aliphatic rings. The van der Waals surface area contributed by atoms with Crippen molar-refractivity contribution in [2.45, 2.75) is 31.7 Å². The lowest BCUT2D eigenvalue weighted by molar-refractivity contribution is -0.130. The Labute approximate surface area is 152 Å². The molecule has 1 amide bonds. The van der Waals surface area contributed by atoms with Crippen LogP contribution in [-0.2, 0) is 28.3 Å². The minimum atomic E-state index is -3.64. The Hall–Kier alpha value is -2.20. The SMILES string of the molecule is Cc1noc(C)c1CC(=O)N1CCCN(S(=O)(=O)c2cn(C)cn2)CC1. The molecule has 3 rings (SSSR count). The van der Waals surface area contributed by atoms with Gasteiger partial charge in [0.15, 0.2) is 5.03 Å². The first-order chi connectivity index (χ1) is 12.3. The van der Waals surface area contributed by atoms with Crippen molar-refractivity contribution in [3.8, 4) is 0 Å². The van der Waals surface area contributed by atoms with Crippen molar-refractivity contribution in [1.29, 1.82) is 0 Å². The van der Waals surface area contributed by atoms with Gasteiger partial charge in [-0.05, 0) is 20.3 Å². The fourth-order valence-corrected chi connectivity index (χ4v) is 4.49. The molecule has 0 unspecified atom stereocenters. The lowest BCUT2D eigenvalue weighted by Gasteiger charge is -2.21. The molecule has 1 saturated heterocycles. The summed E-state index contributed by atoms with van der Waals surface area (Å²) in [7, 11) is -1.91. The van der Waals surface area contributed by atoms with Crippen LogP contribution in [0.2, 0.25) is 0 Å². The van der Waals surface area contributed by atoms with Crippen LogP contribution in [0.5, 0.6) is 0 Å². The van der Waals surface area contributed by atoms with E-state index in [1.54, 1.807) is 23.4 Å². The summed E-state index contributed by atoms with van der Waals surface area (Å²) in [5.74, 6) is 0.599. The highest BCUT2D eigenvalue weighted by molar-refractivity contribution is 7.89. The summed E-state index contributed by atoms with van der Waals surface area (Å²) >= 11 is 0. The van der Waals surface area contributed by atoms with E-state index in [0.717, 1.165) is 5.56 Å². The molecule has 26 heavy (non-hydrogen) atoms. The molecular formula is C16H23N5O4S. The van der Waals surface area contributed by atoms with Crippen LogP contribution in [0.1, 0.15) is 23.4 Å². The van der Waals surface area contributed by atoms with E-state index in [1.165, 1.54) is 16.8 Å². The molecule has 0 saturated carbocycles. The standard InChI is InChI=1S/C16H23N5O4S/c1-12-14(13(2)25-18-12)9-16(22)20-5-4-6-21(8-7-20)26(23,24)15-10-19(3)11-17-15/h10-11H,4-9H2,1-3H3. The Kier molecular flexibility index (Phi) is 5.15. The largest absolute Gasteiger partial charge is 0.361 e. The number of aromatic nitrogens is 3. The van der Waals surface area contributed by atoms with Gasteiger partial charge < -0.3 is 14.0 Å². The van der Waals surface area contributed by atoms with E-state index in [9.17, 15) is 13.2 Å². The van der Waals surface area contributed by atoms with Crippen LogP contribution >= 0.6 is 0 Å². The third kappa shape index (κ3) is 3.65. The van der Waals surface area contributed by atoms with Gasteiger partial charge in [-0.2, -0.15) is 4.31 Å². The highest BCUT2D eigenvalue weighted by Crippen LogP contribution is 2.18. The third-order valence-electron chi connectivity index (χ3n) is 4.60. The zero-order valence-corrected chi connectivity index (χ0v) is 16.0. The van der Waals surface area contributed by atoms with E-state index in [-0.39, 0.29) is 23.9 Å². The second-order valence-corrected chi connectivity index (χ2v) is 8.38. The highest BCUT2D eigenvalue weighted by Gasteiger charge is 2.30. The van der Waals surface area contributed by atoms with Crippen molar-refractivity contribution in [1.82, 2.24) is 23.9 Å². The van der Waals surface area contributed by atoms with E-state index >= 15 is 0 Å². The van der Waals surface area contributed by atoms with Crippen molar-refractivity contribution < 1.29 is 17.7 Å². The normalized spacial score (nSPS) is 16.7. The predicted molar refractivity (Wildman–Crippen MR) is 92.8 cm³/mol. The summed E-state index contributed by atoms with van der Waals surface area (Å²) in [6, 6.07) is 0. The number of carbonyl (C=O) groups is 1. The van der Waals surface area contributed by atoms with Crippen molar-refractivity contribution in [2.24, 2.45) is 7.05 Å². The van der Waals surface area contributed by atoms with Gasteiger partial charge in [0.1, 0.15) is 5.76 Å². The average Bonchev–Trinajstić information content (AvgIpc) is 3.05. The van der Waals surface area contributed by atoms with Crippen LogP contribution in [0.4, 0.5) is 0 Å². The minimum absolute atomic E-state index is 0.0375. The maximum absolute atomic E-state index is 12.7. The molecule has 2 aromatic rings. The Morgan fingerprint density at radius 3 is 2.62 bits per heavy atom. The van der Waals surface area contributed by atoms with Gasteiger partial charge in [0.05, 0.1) is 18.4 Å². The van der Waals surface area contributed by atoms with Gasteiger partial charge in [0.2, 0.25) is 5.91 Å². The number of hydrogen-bond acceptors (Lipinski definition) is 6. The number of sulfonamides is 1. The number of hydrogen-bond donors (Lipinski definition) is 0. The van der Waals surface area contributed by atoms with Gasteiger partial charge in [-0.15, -0.1) is 0 Å². The zero-order chi connectivity index (χ0) is 18.9. The lowest BCUT2D eigenvalue weighted by Crippen LogP contribution is -2.38. The number of rotatable bonds is 4. The fraction of sp³-hybridized carbons (Fsp3) is 0.562. The van der Waals surface area contributed by atoms with Crippen LogP contribution in [0, 0.1) is 13.8 Å². The summed E-state index contributed by atoms with van der Waals surface area (Å²) in [4.78, 5) is 18.3. The summed E-state index contributed by atoms with van der Waals surface area (Å²) in [6.45, 7) is 5.10. The van der Waals surface area contributed by atoms with Crippen molar-refractivity contribution >= 4 is 15.9 Å². The van der Waals surface area contributed by atoms with Crippen LogP contribution in [0.25, 0.3) is 0 Å². The lowest BCUT2D eigenvalue weighted by atomic mass is 10.1. The monoisotopic (exact) mass is 381 g/mol. The van der Waals surface area contributed by atoms with Gasteiger partial charge in [-0.25, -0.2) is 13.4 Å². The molecule has 0 atom stereocenters. The van der Waals surface area contributed by atoms with Gasteiger partial charge in [0, 0.05) is 45.0 Å². The number of imidazole rings is 1. The van der Waals surface area contributed by atoms with E-state index < -0.39 is 10.0 Å². The molecule has 0 aromatic carbocycles. The maximum atomic E-state index is 12.7. The molecule has 10 heteroatoms. The van der Waals surface area contributed by atoms with Crippen LogP contribution in [-0.4, -0.2) is 64.4 Å². The molecule has 1 aliphatic heterocycles. The summed E-state index contributed by atoms with van der Waals surface area (Å²) in [5, 5.41) is 3.91. The van der Waals surface area contributed by atoms with E-state index in [4.69, 9.17) is 4.52 Å². The molecule has 142 valence electrons. The Morgan fingerprint density at radius 2 is 2.00 bits per heavy atom. The van der Waals surface area contributed by atoms with Crippen LogP contribution < -0.4 is 0 Å². The molecule has 9 nitrogen and oxygen atoms in total. The van der Waals surface area contributed by atoms with Crippen molar-refractivity contribution in [2.75, 3.05) is 26.2 Å². The first kappa shape index (κ1) is 18.6. The Morgan fingerprint density at radius 1 is 1.23 bits per heavy atom. The van der Waals surface area contributed by atoms with Gasteiger partial charge in [-0.1, -0.05) is 5.16 Å². The molecule has 3 heterocycles. The Balaban J connectivity index is 1.67. The summed E-state index contributed by atoms with van der Waals surface area (Å²) < 4.78 is 33.5. The van der Waals surface area contributed by atoms with Crippen molar-refractivity contribution in [3.63, 3.8) is 0 Å². The van der Waals surface area contributed by atoms with Crippen molar-refractivity contribution in [3.05, 3.63) is 29.5 Å². The molecule has 0 spiro atoms. The van der Waals surface area contributed by atoms with Crippen LogP contribution in [0.3, 0.4) is 0 Å². The highest BCUT2D eigenvalue weighted by atomic mass is 32.2. The smallest absolute Gasteiger partial charge is 0.262 e. The average molecular weight is 381 g/mol. The molecule has 0 bridgehead atoms. The molecular weight excluding hydrogens is 358 g/mol. The summed E-state index contributed by atoms with van der Waals surface area (Å²) in [5.41, 5.74) is 1.52. The number of carbonyl (C=O) groups excluding carboxylic acids is 1. The number of aryl methyl sites for hydroxylation is 3. The van der Waals surface area contributed by atoms with E-state index in [1.807, 2.05) is 6.92 Å².